The van der Waals surface area contributed by atoms with Crippen LogP contribution in [-0.4, -0.2) is 39.2 Å². The number of hydrogen-bond donors (Lipinski definition) is 3. The van der Waals surface area contributed by atoms with Crippen LogP contribution in [0.15, 0.2) is 33.5 Å². The van der Waals surface area contributed by atoms with E-state index in [4.69, 9.17) is 9.52 Å². The summed E-state index contributed by atoms with van der Waals surface area (Å²) in [5.41, 5.74) is -1.80. The summed E-state index contributed by atoms with van der Waals surface area (Å²) in [6.07, 6.45) is -1.40. The first kappa shape index (κ1) is 17.1. The number of carbonyl (C=O) groups excluding carboxylic acids is 1. The molecule has 0 aliphatic heterocycles. The summed E-state index contributed by atoms with van der Waals surface area (Å²) >= 11 is 0. The van der Waals surface area contributed by atoms with Gasteiger partial charge in [-0.25, -0.2) is 9.59 Å². The molecule has 1 aromatic heterocycles. The Morgan fingerprint density at radius 1 is 1.33 bits per heavy atom. The number of carboxylic acids is 1. The molecule has 24 heavy (non-hydrogen) atoms. The van der Waals surface area contributed by atoms with E-state index in [1.165, 1.54) is 6.07 Å². The van der Waals surface area contributed by atoms with Crippen LogP contribution in [0.2, 0.25) is 0 Å². The monoisotopic (exact) mass is 336 g/mol. The summed E-state index contributed by atoms with van der Waals surface area (Å²) in [7, 11) is 0. The number of fused-ring (bicyclic) bond motifs is 1. The number of benzene rings is 1. The van der Waals surface area contributed by atoms with Gasteiger partial charge in [0.15, 0.2) is 6.04 Å². The zero-order valence-electron chi connectivity index (χ0n) is 12.3. The zero-order chi connectivity index (χ0) is 18.0. The van der Waals surface area contributed by atoms with Gasteiger partial charge in [0, 0.05) is 17.5 Å². The van der Waals surface area contributed by atoms with Crippen molar-refractivity contribution in [2.24, 2.45) is 0 Å². The third-order valence-corrected chi connectivity index (χ3v) is 3.21. The van der Waals surface area contributed by atoms with Crippen molar-refractivity contribution in [3.05, 3.63) is 50.4 Å². The first-order valence-corrected chi connectivity index (χ1v) is 6.64. The van der Waals surface area contributed by atoms with Crippen molar-refractivity contribution in [2.45, 2.75) is 19.1 Å². The molecule has 0 radical (unpaired) electrons. The molecule has 0 aliphatic rings. The quantitative estimate of drug-likeness (QED) is 0.398. The molecule has 1 unspecified atom stereocenters. The normalized spacial score (nSPS) is 13.2. The molecular formula is C14H12N2O8. The Morgan fingerprint density at radius 3 is 2.54 bits per heavy atom. The average molecular weight is 336 g/mol. The van der Waals surface area contributed by atoms with E-state index in [1.807, 2.05) is 5.32 Å². The van der Waals surface area contributed by atoms with E-state index in [-0.39, 0.29) is 16.7 Å². The van der Waals surface area contributed by atoms with Gasteiger partial charge < -0.3 is 19.9 Å². The second-order valence-corrected chi connectivity index (χ2v) is 4.96. The number of nitrogens with one attached hydrogen (secondary N) is 1. The third kappa shape index (κ3) is 3.38. The van der Waals surface area contributed by atoms with Gasteiger partial charge in [-0.15, -0.1) is 0 Å². The van der Waals surface area contributed by atoms with Crippen molar-refractivity contribution in [3.63, 3.8) is 0 Å². The van der Waals surface area contributed by atoms with E-state index in [1.54, 1.807) is 0 Å². The summed E-state index contributed by atoms with van der Waals surface area (Å²) in [5, 5.41) is 31.2. The van der Waals surface area contributed by atoms with Crippen LogP contribution in [-0.2, 0) is 4.79 Å². The molecule has 0 fully saturated rings. The molecular weight excluding hydrogens is 324 g/mol. The van der Waals surface area contributed by atoms with Crippen LogP contribution in [0.25, 0.3) is 11.0 Å². The lowest BCUT2D eigenvalue weighted by molar-refractivity contribution is -0.384. The first-order chi connectivity index (χ1) is 11.2. The number of nitro groups is 1. The van der Waals surface area contributed by atoms with E-state index in [2.05, 4.69) is 0 Å². The fraction of sp³-hybridized carbons (Fsp3) is 0.214. The van der Waals surface area contributed by atoms with E-state index in [0.717, 1.165) is 25.1 Å². The number of carboxylic acid groups (broad SMARTS) is 1. The maximum absolute atomic E-state index is 12.1. The average Bonchev–Trinajstić information content (AvgIpc) is 2.50. The minimum atomic E-state index is -1.63. The molecule has 3 N–H and O–H groups in total. The fourth-order valence-electron chi connectivity index (χ4n) is 1.99. The lowest BCUT2D eigenvalue weighted by Crippen LogP contribution is -2.48. The SMILES string of the molecule is CC(O)[C@H](NC(=O)c1cc2cc([N+](=O)[O-])ccc2oc1=O)C(=O)O. The van der Waals surface area contributed by atoms with Crippen molar-refractivity contribution < 1.29 is 29.1 Å². The van der Waals surface area contributed by atoms with Crippen molar-refractivity contribution >= 4 is 28.5 Å². The Bertz CT molecular complexity index is 886. The second kappa shape index (κ2) is 6.46. The lowest BCUT2D eigenvalue weighted by Gasteiger charge is -2.16. The van der Waals surface area contributed by atoms with Gasteiger partial charge in [-0.2, -0.15) is 0 Å². The zero-order valence-corrected chi connectivity index (χ0v) is 12.3. The summed E-state index contributed by atoms with van der Waals surface area (Å²) < 4.78 is 4.90. The van der Waals surface area contributed by atoms with Crippen LogP contribution in [0.3, 0.4) is 0 Å². The number of aliphatic hydroxyl groups is 1. The predicted molar refractivity (Wildman–Crippen MR) is 79.7 cm³/mol. The molecule has 0 saturated heterocycles. The molecule has 10 nitrogen and oxygen atoms in total. The number of aliphatic carboxylic acids is 1. The van der Waals surface area contributed by atoms with Crippen molar-refractivity contribution in [3.8, 4) is 0 Å². The minimum absolute atomic E-state index is 0.0347. The van der Waals surface area contributed by atoms with Gasteiger partial charge in [-0.3, -0.25) is 14.9 Å². The molecule has 2 aromatic rings. The van der Waals surface area contributed by atoms with E-state index >= 15 is 0 Å². The van der Waals surface area contributed by atoms with Gasteiger partial charge in [-0.1, -0.05) is 0 Å². The van der Waals surface area contributed by atoms with Gasteiger partial charge in [-0.05, 0) is 19.1 Å². The van der Waals surface area contributed by atoms with Crippen LogP contribution in [0.5, 0.6) is 0 Å². The Kier molecular flexibility index (Phi) is 4.60. The number of hydrogen-bond acceptors (Lipinski definition) is 7. The smallest absolute Gasteiger partial charge is 0.349 e. The highest BCUT2D eigenvalue weighted by Gasteiger charge is 2.27. The Morgan fingerprint density at radius 2 is 2.00 bits per heavy atom. The number of non-ortho nitro benzene ring substituents is 1. The Hall–Kier alpha value is -3.27. The molecule has 2 atom stereocenters. The largest absolute Gasteiger partial charge is 0.480 e. The highest BCUT2D eigenvalue weighted by Crippen LogP contribution is 2.20. The molecule has 126 valence electrons. The third-order valence-electron chi connectivity index (χ3n) is 3.21. The second-order valence-electron chi connectivity index (χ2n) is 4.96. The summed E-state index contributed by atoms with van der Waals surface area (Å²) in [5.74, 6) is -2.57. The van der Waals surface area contributed by atoms with Gasteiger partial charge >= 0.3 is 11.6 Å². The van der Waals surface area contributed by atoms with Crippen LogP contribution in [0.1, 0.15) is 17.3 Å². The van der Waals surface area contributed by atoms with E-state index in [0.29, 0.717) is 0 Å². The minimum Gasteiger partial charge on any atom is -0.480 e. The topological polar surface area (TPSA) is 160 Å². The highest BCUT2D eigenvalue weighted by molar-refractivity contribution is 5.98. The maximum Gasteiger partial charge on any atom is 0.349 e. The number of aliphatic hydroxyl groups excluding tert-OH is 1. The molecule has 2 rings (SSSR count). The lowest BCUT2D eigenvalue weighted by atomic mass is 10.1. The van der Waals surface area contributed by atoms with Gasteiger partial charge in [0.05, 0.1) is 11.0 Å². The fourth-order valence-corrected chi connectivity index (χ4v) is 1.99. The van der Waals surface area contributed by atoms with Crippen LogP contribution < -0.4 is 10.9 Å². The molecule has 0 saturated carbocycles. The summed E-state index contributed by atoms with van der Waals surface area (Å²) in [6, 6.07) is 2.89. The van der Waals surface area contributed by atoms with Gasteiger partial charge in [0.25, 0.3) is 11.6 Å². The molecule has 1 amide bonds. The van der Waals surface area contributed by atoms with Crippen LogP contribution in [0, 0.1) is 10.1 Å². The summed E-state index contributed by atoms with van der Waals surface area (Å²) in [6.45, 7) is 1.16. The Labute approximate surface area is 133 Å². The maximum atomic E-state index is 12.1. The standard InChI is InChI=1S/C14H12N2O8/c1-6(17)11(13(19)20)15-12(18)9-5-7-4-8(16(22)23)2-3-10(7)24-14(9)21/h2-6,11,17H,1H3,(H,15,18)(H,19,20)/t6?,11-/m0/s1. The van der Waals surface area contributed by atoms with E-state index in [9.17, 15) is 29.6 Å². The van der Waals surface area contributed by atoms with Crippen LogP contribution in [0.4, 0.5) is 5.69 Å². The highest BCUT2D eigenvalue weighted by atomic mass is 16.6. The first-order valence-electron chi connectivity index (χ1n) is 6.64. The Balaban J connectivity index is 2.45. The molecule has 0 aliphatic carbocycles. The van der Waals surface area contributed by atoms with Crippen molar-refractivity contribution in [2.75, 3.05) is 0 Å². The van der Waals surface area contributed by atoms with Crippen LogP contribution >= 0.6 is 0 Å². The number of amides is 1. The molecule has 1 heterocycles. The predicted octanol–water partition coefficient (Wildman–Crippen LogP) is 0.265. The molecule has 0 bridgehead atoms. The number of rotatable bonds is 5. The molecule has 1 aromatic carbocycles. The van der Waals surface area contributed by atoms with Gasteiger partial charge in [0.2, 0.25) is 0 Å². The van der Waals surface area contributed by atoms with Crippen molar-refractivity contribution in [1.82, 2.24) is 5.32 Å². The molecule has 10 heteroatoms. The summed E-state index contributed by atoms with van der Waals surface area (Å²) in [4.78, 5) is 45.0. The number of carbonyl (C=O) groups is 2. The van der Waals surface area contributed by atoms with Gasteiger partial charge in [0.1, 0.15) is 11.1 Å². The van der Waals surface area contributed by atoms with Crippen molar-refractivity contribution in [1.29, 1.82) is 0 Å². The molecule has 0 spiro atoms. The number of nitro benzene ring substituents is 1. The number of nitrogens with zero attached hydrogens (tertiary/aromatic N) is 1. The van der Waals surface area contributed by atoms with E-state index < -0.39 is 40.1 Å².